The van der Waals surface area contributed by atoms with Crippen LogP contribution in [0, 0.1) is 0 Å². The summed E-state index contributed by atoms with van der Waals surface area (Å²) in [6.07, 6.45) is 3.96. The first-order valence-electron chi connectivity index (χ1n) is 5.24. The highest BCUT2D eigenvalue weighted by Gasteiger charge is 2.27. The fraction of sp³-hybridized carbons (Fsp3) is 0.600. The zero-order chi connectivity index (χ0) is 11.5. The van der Waals surface area contributed by atoms with Gasteiger partial charge < -0.3 is 5.11 Å². The van der Waals surface area contributed by atoms with Crippen LogP contribution in [-0.2, 0) is 4.79 Å². The number of aromatic nitrogens is 1. The standard InChI is InChI=1S/C10H13ClN2O2S/c11-8-6-12-10(16-8)7(5-9(14)15)13-3-1-2-4-13/h6-7H,1-5H2,(H,14,15). The Morgan fingerprint density at radius 2 is 2.31 bits per heavy atom. The summed E-state index contributed by atoms with van der Waals surface area (Å²) in [5.41, 5.74) is 0. The molecule has 2 rings (SSSR count). The van der Waals surface area contributed by atoms with Gasteiger partial charge in [0.25, 0.3) is 0 Å². The molecule has 0 spiro atoms. The van der Waals surface area contributed by atoms with E-state index in [-0.39, 0.29) is 12.5 Å². The monoisotopic (exact) mass is 260 g/mol. The van der Waals surface area contributed by atoms with Crippen LogP contribution >= 0.6 is 22.9 Å². The number of hydrogen-bond donors (Lipinski definition) is 1. The number of hydrogen-bond acceptors (Lipinski definition) is 4. The number of carbonyl (C=O) groups is 1. The minimum atomic E-state index is -0.789. The quantitative estimate of drug-likeness (QED) is 0.903. The number of halogens is 1. The van der Waals surface area contributed by atoms with Gasteiger partial charge in [-0.3, -0.25) is 9.69 Å². The first-order valence-corrected chi connectivity index (χ1v) is 6.43. The van der Waals surface area contributed by atoms with Crippen molar-refractivity contribution in [3.63, 3.8) is 0 Å². The molecule has 88 valence electrons. The lowest BCUT2D eigenvalue weighted by Gasteiger charge is -2.23. The summed E-state index contributed by atoms with van der Waals surface area (Å²) in [6, 6.07) is -0.113. The van der Waals surface area contributed by atoms with Gasteiger partial charge in [0.1, 0.15) is 9.34 Å². The van der Waals surface area contributed by atoms with Gasteiger partial charge in [0, 0.05) is 0 Å². The predicted octanol–water partition coefficient (Wildman–Crippen LogP) is 2.41. The molecule has 6 heteroatoms. The summed E-state index contributed by atoms with van der Waals surface area (Å²) < 4.78 is 0.615. The summed E-state index contributed by atoms with van der Waals surface area (Å²) in [7, 11) is 0. The Morgan fingerprint density at radius 1 is 1.62 bits per heavy atom. The SMILES string of the molecule is O=C(O)CC(c1ncc(Cl)s1)N1CCCC1. The van der Waals surface area contributed by atoms with Gasteiger partial charge in [0.05, 0.1) is 18.7 Å². The highest BCUT2D eigenvalue weighted by Crippen LogP contribution is 2.32. The maximum absolute atomic E-state index is 10.9. The Bertz CT molecular complexity index is 377. The van der Waals surface area contributed by atoms with E-state index in [2.05, 4.69) is 9.88 Å². The molecule has 0 radical (unpaired) electrons. The van der Waals surface area contributed by atoms with Crippen LogP contribution < -0.4 is 0 Å². The molecule has 16 heavy (non-hydrogen) atoms. The summed E-state index contributed by atoms with van der Waals surface area (Å²) >= 11 is 7.21. The zero-order valence-corrected chi connectivity index (χ0v) is 10.3. The molecule has 1 aromatic heterocycles. The van der Waals surface area contributed by atoms with Gasteiger partial charge in [-0.15, -0.1) is 11.3 Å². The van der Waals surface area contributed by atoms with E-state index in [1.807, 2.05) is 0 Å². The van der Waals surface area contributed by atoms with Gasteiger partial charge in [-0.1, -0.05) is 11.6 Å². The second-order valence-electron chi connectivity index (χ2n) is 3.86. The van der Waals surface area contributed by atoms with Gasteiger partial charge >= 0.3 is 5.97 Å². The fourth-order valence-electron chi connectivity index (χ4n) is 2.01. The smallest absolute Gasteiger partial charge is 0.305 e. The number of carboxylic acids is 1. The van der Waals surface area contributed by atoms with E-state index in [0.717, 1.165) is 30.9 Å². The summed E-state index contributed by atoms with van der Waals surface area (Å²) in [4.78, 5) is 17.2. The molecule has 1 aliphatic heterocycles. The Hall–Kier alpha value is -0.650. The molecule has 1 unspecified atom stereocenters. The average molecular weight is 261 g/mol. The zero-order valence-electron chi connectivity index (χ0n) is 8.73. The third-order valence-electron chi connectivity index (χ3n) is 2.73. The number of nitrogens with zero attached hydrogens (tertiary/aromatic N) is 2. The maximum atomic E-state index is 10.9. The van der Waals surface area contributed by atoms with Crippen LogP contribution in [0.25, 0.3) is 0 Å². The molecule has 1 N–H and O–H groups in total. The Kier molecular flexibility index (Phi) is 3.78. The third-order valence-corrected chi connectivity index (χ3v) is 3.95. The highest BCUT2D eigenvalue weighted by atomic mass is 35.5. The van der Waals surface area contributed by atoms with Crippen molar-refractivity contribution >= 4 is 28.9 Å². The molecule has 1 aromatic rings. The molecule has 1 aliphatic rings. The van der Waals surface area contributed by atoms with Gasteiger partial charge in [0.2, 0.25) is 0 Å². The molecule has 1 saturated heterocycles. The van der Waals surface area contributed by atoms with E-state index >= 15 is 0 Å². The van der Waals surface area contributed by atoms with Gasteiger partial charge in [-0.05, 0) is 25.9 Å². The van der Waals surface area contributed by atoms with Crippen LogP contribution in [0.3, 0.4) is 0 Å². The van der Waals surface area contributed by atoms with E-state index in [1.54, 1.807) is 6.20 Å². The average Bonchev–Trinajstić information content (AvgIpc) is 2.84. The number of aliphatic carboxylic acids is 1. The number of carboxylic acid groups (broad SMARTS) is 1. The van der Waals surface area contributed by atoms with Crippen molar-refractivity contribution in [1.82, 2.24) is 9.88 Å². The summed E-state index contributed by atoms with van der Waals surface area (Å²) in [6.45, 7) is 1.91. The molecule has 1 atom stereocenters. The van der Waals surface area contributed by atoms with Crippen molar-refractivity contribution in [2.45, 2.75) is 25.3 Å². The molecular formula is C10H13ClN2O2S. The van der Waals surface area contributed by atoms with Gasteiger partial charge in [-0.25, -0.2) is 4.98 Å². The van der Waals surface area contributed by atoms with E-state index < -0.39 is 5.97 Å². The lowest BCUT2D eigenvalue weighted by atomic mass is 10.2. The van der Waals surface area contributed by atoms with E-state index in [4.69, 9.17) is 16.7 Å². The Morgan fingerprint density at radius 3 is 2.81 bits per heavy atom. The Labute approximate surface area is 103 Å². The molecule has 4 nitrogen and oxygen atoms in total. The molecule has 0 bridgehead atoms. The normalized spacial score (nSPS) is 18.8. The minimum absolute atomic E-state index is 0.101. The van der Waals surface area contributed by atoms with Crippen LogP contribution in [0.2, 0.25) is 4.34 Å². The second kappa shape index (κ2) is 5.12. The van der Waals surface area contributed by atoms with Crippen molar-refractivity contribution in [2.24, 2.45) is 0 Å². The molecule has 1 fully saturated rings. The fourth-order valence-corrected chi connectivity index (χ4v) is 3.08. The molecular weight excluding hydrogens is 248 g/mol. The first-order chi connectivity index (χ1) is 7.66. The van der Waals surface area contributed by atoms with Gasteiger partial charge in [0.15, 0.2) is 0 Å². The minimum Gasteiger partial charge on any atom is -0.481 e. The number of rotatable bonds is 4. The Balaban J connectivity index is 2.16. The molecule has 0 aliphatic carbocycles. The second-order valence-corrected chi connectivity index (χ2v) is 5.55. The molecule has 0 aromatic carbocycles. The largest absolute Gasteiger partial charge is 0.481 e. The van der Waals surface area contributed by atoms with E-state index in [0.29, 0.717) is 4.34 Å². The first kappa shape index (κ1) is 11.8. The highest BCUT2D eigenvalue weighted by molar-refractivity contribution is 7.15. The van der Waals surface area contributed by atoms with Crippen LogP contribution in [0.4, 0.5) is 0 Å². The van der Waals surface area contributed by atoms with Crippen molar-refractivity contribution in [3.8, 4) is 0 Å². The van der Waals surface area contributed by atoms with Crippen LogP contribution in [0.5, 0.6) is 0 Å². The topological polar surface area (TPSA) is 53.4 Å². The predicted molar refractivity (Wildman–Crippen MR) is 62.9 cm³/mol. The number of likely N-dealkylation sites (tertiary alicyclic amines) is 1. The molecule has 0 saturated carbocycles. The van der Waals surface area contributed by atoms with Crippen molar-refractivity contribution in [3.05, 3.63) is 15.5 Å². The molecule has 0 amide bonds. The van der Waals surface area contributed by atoms with Crippen molar-refractivity contribution < 1.29 is 9.90 Å². The van der Waals surface area contributed by atoms with Crippen LogP contribution in [0.1, 0.15) is 30.3 Å². The lowest BCUT2D eigenvalue weighted by Crippen LogP contribution is -2.27. The van der Waals surface area contributed by atoms with Crippen molar-refractivity contribution in [1.29, 1.82) is 0 Å². The number of thiazole rings is 1. The maximum Gasteiger partial charge on any atom is 0.305 e. The molecule has 2 heterocycles. The lowest BCUT2D eigenvalue weighted by molar-refractivity contribution is -0.138. The third kappa shape index (κ3) is 2.72. The summed E-state index contributed by atoms with van der Waals surface area (Å²) in [5, 5.41) is 9.74. The van der Waals surface area contributed by atoms with Gasteiger partial charge in [-0.2, -0.15) is 0 Å². The van der Waals surface area contributed by atoms with E-state index in [9.17, 15) is 4.79 Å². The van der Waals surface area contributed by atoms with Crippen LogP contribution in [-0.4, -0.2) is 34.0 Å². The van der Waals surface area contributed by atoms with Crippen LogP contribution in [0.15, 0.2) is 6.20 Å². The van der Waals surface area contributed by atoms with Crippen molar-refractivity contribution in [2.75, 3.05) is 13.1 Å². The summed E-state index contributed by atoms with van der Waals surface area (Å²) in [5.74, 6) is -0.789. The van der Waals surface area contributed by atoms with E-state index in [1.165, 1.54) is 11.3 Å².